The van der Waals surface area contributed by atoms with Crippen molar-refractivity contribution in [1.82, 2.24) is 10.2 Å². The van der Waals surface area contributed by atoms with Crippen LogP contribution in [0.5, 0.6) is 0 Å². The van der Waals surface area contributed by atoms with E-state index in [-0.39, 0.29) is 36.4 Å². The Labute approximate surface area is 102 Å². The van der Waals surface area contributed by atoms with Crippen LogP contribution in [0.2, 0.25) is 0 Å². The first kappa shape index (κ1) is 14.0. The molecule has 1 rings (SSSR count). The summed E-state index contributed by atoms with van der Waals surface area (Å²) in [7, 11) is 1.59. The van der Waals surface area contributed by atoms with Crippen molar-refractivity contribution >= 4 is 11.8 Å². The van der Waals surface area contributed by atoms with Crippen molar-refractivity contribution in [2.24, 2.45) is 5.92 Å². The highest BCUT2D eigenvalue weighted by atomic mass is 16.5. The molecule has 1 heterocycles. The van der Waals surface area contributed by atoms with Gasteiger partial charge in [0.05, 0.1) is 19.2 Å². The Bertz CT molecular complexity index is 293. The second kappa shape index (κ2) is 6.00. The molecule has 1 saturated heterocycles. The lowest BCUT2D eigenvalue weighted by Crippen LogP contribution is -2.62. The van der Waals surface area contributed by atoms with Gasteiger partial charge in [-0.05, 0) is 12.8 Å². The van der Waals surface area contributed by atoms with Crippen LogP contribution in [0.25, 0.3) is 0 Å². The van der Waals surface area contributed by atoms with Crippen LogP contribution in [0, 0.1) is 5.92 Å². The number of rotatable bonds is 5. The van der Waals surface area contributed by atoms with E-state index in [2.05, 4.69) is 5.32 Å². The van der Waals surface area contributed by atoms with E-state index in [0.717, 1.165) is 6.42 Å². The van der Waals surface area contributed by atoms with E-state index in [0.29, 0.717) is 6.61 Å². The Kier molecular flexibility index (Phi) is 4.93. The van der Waals surface area contributed by atoms with Crippen molar-refractivity contribution < 1.29 is 14.3 Å². The molecule has 5 heteroatoms. The van der Waals surface area contributed by atoms with Crippen LogP contribution in [0.4, 0.5) is 0 Å². The number of ether oxygens (including phenoxy) is 1. The average molecular weight is 242 g/mol. The first-order valence-electron chi connectivity index (χ1n) is 6.10. The number of amides is 2. The lowest BCUT2D eigenvalue weighted by molar-refractivity contribution is -0.148. The number of nitrogens with zero attached hydrogens (tertiary/aromatic N) is 1. The smallest absolute Gasteiger partial charge is 0.246 e. The molecule has 2 amide bonds. The van der Waals surface area contributed by atoms with Crippen LogP contribution in [0.1, 0.15) is 27.2 Å². The predicted octanol–water partition coefficient (Wildman–Crippen LogP) is 0.394. The maximum Gasteiger partial charge on any atom is 0.246 e. The molecule has 0 saturated carbocycles. The average Bonchev–Trinajstić information content (AvgIpc) is 2.30. The Hall–Kier alpha value is -1.10. The second-order valence-corrected chi connectivity index (χ2v) is 4.70. The highest BCUT2D eigenvalue weighted by Gasteiger charge is 2.37. The SMILES string of the molecule is CCC(C)C1NC(=O)CN(C(C)COC)C1=O. The molecule has 5 nitrogen and oxygen atoms in total. The maximum atomic E-state index is 12.2. The minimum Gasteiger partial charge on any atom is -0.383 e. The van der Waals surface area contributed by atoms with E-state index >= 15 is 0 Å². The van der Waals surface area contributed by atoms with Crippen molar-refractivity contribution in [2.75, 3.05) is 20.3 Å². The lowest BCUT2D eigenvalue weighted by Gasteiger charge is -2.38. The highest BCUT2D eigenvalue weighted by Crippen LogP contribution is 2.16. The molecule has 1 aliphatic heterocycles. The van der Waals surface area contributed by atoms with E-state index in [1.807, 2.05) is 20.8 Å². The van der Waals surface area contributed by atoms with E-state index in [4.69, 9.17) is 4.74 Å². The molecule has 0 bridgehead atoms. The van der Waals surface area contributed by atoms with Gasteiger partial charge >= 0.3 is 0 Å². The number of carbonyl (C=O) groups excluding carboxylic acids is 2. The Morgan fingerprint density at radius 3 is 2.65 bits per heavy atom. The van der Waals surface area contributed by atoms with E-state index in [1.54, 1.807) is 12.0 Å². The summed E-state index contributed by atoms with van der Waals surface area (Å²) >= 11 is 0. The number of hydrogen-bond acceptors (Lipinski definition) is 3. The molecule has 3 atom stereocenters. The third-order valence-electron chi connectivity index (χ3n) is 3.33. The van der Waals surface area contributed by atoms with Gasteiger partial charge in [-0.25, -0.2) is 0 Å². The molecule has 3 unspecified atom stereocenters. The number of carbonyl (C=O) groups is 2. The molecule has 0 aromatic carbocycles. The predicted molar refractivity (Wildman–Crippen MR) is 64.4 cm³/mol. The van der Waals surface area contributed by atoms with Crippen molar-refractivity contribution in [3.8, 4) is 0 Å². The molecular formula is C12H22N2O3. The summed E-state index contributed by atoms with van der Waals surface area (Å²) in [5.41, 5.74) is 0. The van der Waals surface area contributed by atoms with Gasteiger partial charge in [-0.15, -0.1) is 0 Å². The molecule has 0 aliphatic carbocycles. The van der Waals surface area contributed by atoms with Crippen LogP contribution < -0.4 is 5.32 Å². The zero-order valence-electron chi connectivity index (χ0n) is 11.0. The molecular weight excluding hydrogens is 220 g/mol. The molecule has 0 aromatic heterocycles. The van der Waals surface area contributed by atoms with Crippen LogP contribution in [0.15, 0.2) is 0 Å². The van der Waals surface area contributed by atoms with E-state index in [1.165, 1.54) is 0 Å². The van der Waals surface area contributed by atoms with Gasteiger partial charge < -0.3 is 15.0 Å². The maximum absolute atomic E-state index is 12.2. The highest BCUT2D eigenvalue weighted by molar-refractivity contribution is 5.95. The molecule has 0 aromatic rings. The van der Waals surface area contributed by atoms with Gasteiger partial charge in [-0.2, -0.15) is 0 Å². The van der Waals surface area contributed by atoms with Gasteiger partial charge in [0, 0.05) is 7.11 Å². The zero-order chi connectivity index (χ0) is 13.0. The minimum atomic E-state index is -0.388. The van der Waals surface area contributed by atoms with Gasteiger partial charge in [0.25, 0.3) is 0 Å². The van der Waals surface area contributed by atoms with Crippen molar-refractivity contribution in [3.63, 3.8) is 0 Å². The van der Waals surface area contributed by atoms with Crippen molar-refractivity contribution in [3.05, 3.63) is 0 Å². The molecule has 17 heavy (non-hydrogen) atoms. The quantitative estimate of drug-likeness (QED) is 0.759. The van der Waals surface area contributed by atoms with E-state index in [9.17, 15) is 9.59 Å². The summed E-state index contributed by atoms with van der Waals surface area (Å²) in [6.07, 6.45) is 0.864. The fraction of sp³-hybridized carbons (Fsp3) is 0.833. The van der Waals surface area contributed by atoms with Gasteiger partial charge in [0.15, 0.2) is 0 Å². The topological polar surface area (TPSA) is 58.6 Å². The molecule has 0 spiro atoms. The molecule has 1 aliphatic rings. The Morgan fingerprint density at radius 1 is 1.47 bits per heavy atom. The van der Waals surface area contributed by atoms with Crippen LogP contribution in [0.3, 0.4) is 0 Å². The van der Waals surface area contributed by atoms with E-state index < -0.39 is 0 Å². The number of methoxy groups -OCH3 is 1. The summed E-state index contributed by atoms with van der Waals surface area (Å²) in [6.45, 7) is 6.48. The van der Waals surface area contributed by atoms with Crippen LogP contribution >= 0.6 is 0 Å². The number of hydrogen-bond donors (Lipinski definition) is 1. The second-order valence-electron chi connectivity index (χ2n) is 4.70. The van der Waals surface area contributed by atoms with Gasteiger partial charge in [-0.1, -0.05) is 20.3 Å². The Morgan fingerprint density at radius 2 is 2.12 bits per heavy atom. The van der Waals surface area contributed by atoms with Gasteiger partial charge in [0.1, 0.15) is 6.04 Å². The third-order valence-corrected chi connectivity index (χ3v) is 3.33. The monoisotopic (exact) mass is 242 g/mol. The Balaban J connectivity index is 2.78. The summed E-state index contributed by atoms with van der Waals surface area (Å²) in [6, 6.07) is -0.453. The van der Waals surface area contributed by atoms with Crippen molar-refractivity contribution in [2.45, 2.75) is 39.3 Å². The van der Waals surface area contributed by atoms with Gasteiger partial charge in [-0.3, -0.25) is 9.59 Å². The van der Waals surface area contributed by atoms with Crippen LogP contribution in [-0.4, -0.2) is 49.1 Å². The first-order chi connectivity index (χ1) is 8.01. The fourth-order valence-electron chi connectivity index (χ4n) is 2.02. The normalized spacial score (nSPS) is 24.5. The summed E-state index contributed by atoms with van der Waals surface area (Å²) in [5, 5.41) is 2.77. The number of piperazine rings is 1. The minimum absolute atomic E-state index is 0.00324. The lowest BCUT2D eigenvalue weighted by atomic mass is 9.95. The molecule has 1 N–H and O–H groups in total. The summed E-state index contributed by atoms with van der Waals surface area (Å²) < 4.78 is 5.04. The van der Waals surface area contributed by atoms with Crippen LogP contribution in [-0.2, 0) is 14.3 Å². The van der Waals surface area contributed by atoms with Gasteiger partial charge in [0.2, 0.25) is 11.8 Å². The number of nitrogens with one attached hydrogen (secondary N) is 1. The summed E-state index contributed by atoms with van der Waals surface area (Å²) in [5.74, 6) is 0.0744. The molecule has 1 fully saturated rings. The first-order valence-corrected chi connectivity index (χ1v) is 6.10. The molecule has 0 radical (unpaired) electrons. The van der Waals surface area contributed by atoms with Crippen molar-refractivity contribution in [1.29, 1.82) is 0 Å². The molecule has 98 valence electrons. The fourth-order valence-corrected chi connectivity index (χ4v) is 2.02. The largest absolute Gasteiger partial charge is 0.383 e. The summed E-state index contributed by atoms with van der Waals surface area (Å²) in [4.78, 5) is 25.5. The standard InChI is InChI=1S/C12H22N2O3/c1-5-8(2)11-12(16)14(6-10(15)13-11)9(3)7-17-4/h8-9,11H,5-7H2,1-4H3,(H,13,15). The third kappa shape index (κ3) is 3.19. The zero-order valence-corrected chi connectivity index (χ0v) is 11.0.